The van der Waals surface area contributed by atoms with Gasteiger partial charge >= 0.3 is 0 Å². The van der Waals surface area contributed by atoms with Gasteiger partial charge in [-0.2, -0.15) is 0 Å². The maximum atomic E-state index is 12.7. The van der Waals surface area contributed by atoms with Crippen molar-refractivity contribution in [3.05, 3.63) is 35.4 Å². The summed E-state index contributed by atoms with van der Waals surface area (Å²) in [5, 5.41) is 0. The molecule has 108 valence electrons. The summed E-state index contributed by atoms with van der Waals surface area (Å²) in [7, 11) is 0. The van der Waals surface area contributed by atoms with Gasteiger partial charge in [0.15, 0.2) is 0 Å². The third kappa shape index (κ3) is 2.47. The summed E-state index contributed by atoms with van der Waals surface area (Å²) in [4.78, 5) is 14.7. The predicted molar refractivity (Wildman–Crippen MR) is 78.4 cm³/mol. The van der Waals surface area contributed by atoms with Gasteiger partial charge in [0.2, 0.25) is 0 Å². The van der Waals surface area contributed by atoms with Gasteiger partial charge in [0.25, 0.3) is 5.91 Å². The van der Waals surface area contributed by atoms with E-state index in [-0.39, 0.29) is 18.1 Å². The first kappa shape index (κ1) is 13.6. The van der Waals surface area contributed by atoms with Crippen LogP contribution in [0.25, 0.3) is 0 Å². The smallest absolute Gasteiger partial charge is 0.252 e. The van der Waals surface area contributed by atoms with E-state index < -0.39 is 0 Å². The normalized spacial score (nSPS) is 29.9. The third-order valence-electron chi connectivity index (χ3n) is 4.66. The van der Waals surface area contributed by atoms with Gasteiger partial charge in [-0.25, -0.2) is 0 Å². The second-order valence-corrected chi connectivity index (χ2v) is 6.16. The Morgan fingerprint density at radius 1 is 1.25 bits per heavy atom. The van der Waals surface area contributed by atoms with E-state index in [1.165, 1.54) is 11.1 Å². The highest BCUT2D eigenvalue weighted by Crippen LogP contribution is 2.31. The number of rotatable bonds is 1. The quantitative estimate of drug-likeness (QED) is 0.787. The van der Waals surface area contributed by atoms with E-state index in [9.17, 15) is 4.79 Å². The van der Waals surface area contributed by atoms with E-state index in [1.54, 1.807) is 0 Å². The number of benzene rings is 1. The number of carbonyl (C=O) groups is 1. The summed E-state index contributed by atoms with van der Waals surface area (Å²) in [6.07, 6.45) is 2.69. The lowest BCUT2D eigenvalue weighted by atomic mass is 9.92. The molecule has 0 spiro atoms. The molecule has 1 saturated heterocycles. The maximum absolute atomic E-state index is 12.7. The number of carbonyl (C=O) groups excluding carboxylic acids is 1. The van der Waals surface area contributed by atoms with Crippen LogP contribution in [0.3, 0.4) is 0 Å². The number of nitrogens with zero attached hydrogens (tertiary/aromatic N) is 1. The Labute approximate surface area is 120 Å². The molecule has 1 unspecified atom stereocenters. The molecule has 20 heavy (non-hydrogen) atoms. The number of hydrogen-bond donors (Lipinski definition) is 0. The van der Waals surface area contributed by atoms with Gasteiger partial charge in [-0.15, -0.1) is 0 Å². The summed E-state index contributed by atoms with van der Waals surface area (Å²) in [6, 6.07) is 8.61. The number of hydrogen-bond acceptors (Lipinski definition) is 2. The Morgan fingerprint density at radius 3 is 2.80 bits per heavy atom. The minimum atomic E-state index is -0.223. The van der Waals surface area contributed by atoms with Crippen LogP contribution in [0.2, 0.25) is 0 Å². The minimum Gasteiger partial charge on any atom is -0.368 e. The van der Waals surface area contributed by atoms with Gasteiger partial charge in [-0.1, -0.05) is 31.2 Å². The molecule has 0 bridgehead atoms. The summed E-state index contributed by atoms with van der Waals surface area (Å²) in [5.41, 5.74) is 2.67. The molecule has 2 aliphatic heterocycles. The Hall–Kier alpha value is -1.35. The van der Waals surface area contributed by atoms with Crippen molar-refractivity contribution in [1.82, 2.24) is 4.90 Å². The molecule has 1 fully saturated rings. The van der Waals surface area contributed by atoms with Crippen LogP contribution < -0.4 is 0 Å². The Kier molecular flexibility index (Phi) is 3.79. The van der Waals surface area contributed by atoms with Crippen molar-refractivity contribution in [1.29, 1.82) is 0 Å². The van der Waals surface area contributed by atoms with Gasteiger partial charge in [0, 0.05) is 6.54 Å². The Morgan fingerprint density at radius 2 is 2.05 bits per heavy atom. The average molecular weight is 273 g/mol. The molecule has 1 aromatic rings. The molecule has 0 aromatic heterocycles. The van der Waals surface area contributed by atoms with Crippen LogP contribution >= 0.6 is 0 Å². The summed E-state index contributed by atoms with van der Waals surface area (Å²) in [5.74, 6) is 0.762. The Balaban J connectivity index is 1.74. The van der Waals surface area contributed by atoms with Crippen molar-refractivity contribution in [3.8, 4) is 0 Å². The monoisotopic (exact) mass is 273 g/mol. The zero-order valence-electron chi connectivity index (χ0n) is 12.3. The van der Waals surface area contributed by atoms with E-state index in [2.05, 4.69) is 38.1 Å². The fraction of sp³-hybridized carbons (Fsp3) is 0.588. The van der Waals surface area contributed by atoms with Crippen LogP contribution in [0.15, 0.2) is 24.3 Å². The van der Waals surface area contributed by atoms with Crippen molar-refractivity contribution >= 4 is 5.91 Å². The number of amides is 1. The van der Waals surface area contributed by atoms with Crippen LogP contribution in [-0.2, 0) is 16.0 Å². The molecular formula is C17H23NO2. The van der Waals surface area contributed by atoms with E-state index in [0.29, 0.717) is 5.92 Å². The van der Waals surface area contributed by atoms with Crippen molar-refractivity contribution in [2.24, 2.45) is 5.92 Å². The zero-order valence-corrected chi connectivity index (χ0v) is 12.3. The SMILES string of the molecule is CC1CC[C@H](C(=O)N2CCc3ccccc3[C@@H]2C)OC1. The first-order valence-corrected chi connectivity index (χ1v) is 7.66. The second kappa shape index (κ2) is 5.57. The molecule has 3 atom stereocenters. The zero-order chi connectivity index (χ0) is 14.1. The van der Waals surface area contributed by atoms with Gasteiger partial charge in [-0.3, -0.25) is 4.79 Å². The molecular weight excluding hydrogens is 250 g/mol. The summed E-state index contributed by atoms with van der Waals surface area (Å²) >= 11 is 0. The van der Waals surface area contributed by atoms with Crippen LogP contribution in [-0.4, -0.2) is 30.1 Å². The molecule has 3 rings (SSSR count). The topological polar surface area (TPSA) is 29.5 Å². The Bertz CT molecular complexity index is 492. The lowest BCUT2D eigenvalue weighted by molar-refractivity contribution is -0.150. The first-order valence-electron chi connectivity index (χ1n) is 7.66. The molecule has 1 amide bonds. The molecule has 0 radical (unpaired) electrons. The maximum Gasteiger partial charge on any atom is 0.252 e. The van der Waals surface area contributed by atoms with Gasteiger partial charge in [0.05, 0.1) is 12.6 Å². The van der Waals surface area contributed by atoms with Crippen molar-refractivity contribution < 1.29 is 9.53 Å². The average Bonchev–Trinajstić information content (AvgIpc) is 2.48. The van der Waals surface area contributed by atoms with Crippen LogP contribution in [0.4, 0.5) is 0 Å². The lowest BCUT2D eigenvalue weighted by Gasteiger charge is -2.38. The van der Waals surface area contributed by atoms with E-state index in [0.717, 1.165) is 32.4 Å². The first-order chi connectivity index (χ1) is 9.66. The van der Waals surface area contributed by atoms with Crippen molar-refractivity contribution in [3.63, 3.8) is 0 Å². The molecule has 1 aromatic carbocycles. The van der Waals surface area contributed by atoms with Crippen LogP contribution in [0, 0.1) is 5.92 Å². The van der Waals surface area contributed by atoms with Gasteiger partial charge < -0.3 is 9.64 Å². The molecule has 2 aliphatic rings. The second-order valence-electron chi connectivity index (χ2n) is 6.16. The number of ether oxygens (including phenoxy) is 1. The van der Waals surface area contributed by atoms with E-state index in [4.69, 9.17) is 4.74 Å². The minimum absolute atomic E-state index is 0.162. The van der Waals surface area contributed by atoms with Gasteiger partial charge in [-0.05, 0) is 43.2 Å². The van der Waals surface area contributed by atoms with Crippen molar-refractivity contribution in [2.45, 2.75) is 45.3 Å². The highest BCUT2D eigenvalue weighted by molar-refractivity contribution is 5.81. The highest BCUT2D eigenvalue weighted by atomic mass is 16.5. The van der Waals surface area contributed by atoms with Crippen molar-refractivity contribution in [2.75, 3.05) is 13.2 Å². The molecule has 2 heterocycles. The van der Waals surface area contributed by atoms with Crippen LogP contribution in [0.1, 0.15) is 43.9 Å². The number of fused-ring (bicyclic) bond motifs is 1. The molecule has 0 aliphatic carbocycles. The molecule has 0 N–H and O–H groups in total. The van der Waals surface area contributed by atoms with E-state index >= 15 is 0 Å². The third-order valence-corrected chi connectivity index (χ3v) is 4.66. The highest BCUT2D eigenvalue weighted by Gasteiger charge is 2.34. The molecule has 0 saturated carbocycles. The van der Waals surface area contributed by atoms with Crippen LogP contribution in [0.5, 0.6) is 0 Å². The molecule has 3 heteroatoms. The molecule has 3 nitrogen and oxygen atoms in total. The fourth-order valence-electron chi connectivity index (χ4n) is 3.34. The largest absolute Gasteiger partial charge is 0.368 e. The van der Waals surface area contributed by atoms with E-state index in [1.807, 2.05) is 4.90 Å². The predicted octanol–water partition coefficient (Wildman–Crippen LogP) is 2.95. The van der Waals surface area contributed by atoms with Gasteiger partial charge in [0.1, 0.15) is 6.10 Å². The fourth-order valence-corrected chi connectivity index (χ4v) is 3.34. The summed E-state index contributed by atoms with van der Waals surface area (Å²) < 4.78 is 5.75. The standard InChI is InChI=1S/C17H23NO2/c1-12-7-8-16(20-11-12)17(19)18-10-9-14-5-3-4-6-15(14)13(18)2/h3-6,12-13,16H,7-11H2,1-2H3/t12?,13-,16+/m0/s1. The lowest BCUT2D eigenvalue weighted by Crippen LogP contribution is -2.46. The summed E-state index contributed by atoms with van der Waals surface area (Å²) in [6.45, 7) is 5.84.